The van der Waals surface area contributed by atoms with Gasteiger partial charge in [0.1, 0.15) is 11.9 Å². The Balaban J connectivity index is 1.50. The molecule has 0 spiro atoms. The number of nitrogens with zero attached hydrogens (tertiary/aromatic N) is 2. The van der Waals surface area contributed by atoms with Crippen LogP contribution < -0.4 is 10.5 Å². The number of ether oxygens (including phenoxy) is 1. The Morgan fingerprint density at radius 1 is 1.20 bits per heavy atom. The van der Waals surface area contributed by atoms with Crippen molar-refractivity contribution in [3.63, 3.8) is 0 Å². The number of carbonyl (C=O) groups is 1. The number of nitro benzene ring substituents is 1. The Labute approximate surface area is 147 Å². The summed E-state index contributed by atoms with van der Waals surface area (Å²) < 4.78 is 5.91. The molecule has 1 aromatic carbocycles. The van der Waals surface area contributed by atoms with Crippen LogP contribution in [0.1, 0.15) is 32.1 Å². The standard InChI is InChI=1S/C18H25N3O4/c19-12-13-2-1-3-17(13)18(22)20-10-8-16(9-11-20)25-15-6-4-14(5-7-15)21(23)24/h4-7,13,16-17H,1-3,8-12,19H2/t13-,17-/m1/s1. The van der Waals surface area contributed by atoms with Crippen molar-refractivity contribution in [2.24, 2.45) is 17.6 Å². The highest BCUT2D eigenvalue weighted by molar-refractivity contribution is 5.79. The van der Waals surface area contributed by atoms with Gasteiger partial charge in [-0.2, -0.15) is 0 Å². The van der Waals surface area contributed by atoms with Crippen LogP contribution in [0.25, 0.3) is 0 Å². The molecule has 1 saturated carbocycles. The highest BCUT2D eigenvalue weighted by Crippen LogP contribution is 2.33. The number of nitrogens with two attached hydrogens (primary N) is 1. The molecule has 1 saturated heterocycles. The molecule has 2 N–H and O–H groups in total. The summed E-state index contributed by atoms with van der Waals surface area (Å²) in [5.74, 6) is 1.31. The lowest BCUT2D eigenvalue weighted by atomic mass is 9.93. The number of carbonyl (C=O) groups excluding carboxylic acids is 1. The predicted octanol–water partition coefficient (Wildman–Crippen LogP) is 2.34. The van der Waals surface area contributed by atoms with Gasteiger partial charge in [0.05, 0.1) is 4.92 Å². The van der Waals surface area contributed by atoms with Gasteiger partial charge in [-0.05, 0) is 37.4 Å². The lowest BCUT2D eigenvalue weighted by Gasteiger charge is -2.34. The lowest BCUT2D eigenvalue weighted by molar-refractivity contribution is -0.384. The zero-order valence-corrected chi connectivity index (χ0v) is 14.3. The van der Waals surface area contributed by atoms with Gasteiger partial charge in [-0.15, -0.1) is 0 Å². The molecule has 1 heterocycles. The van der Waals surface area contributed by atoms with Crippen LogP contribution in [-0.4, -0.2) is 41.5 Å². The second-order valence-electron chi connectivity index (χ2n) is 6.93. The average Bonchev–Trinajstić information content (AvgIpc) is 3.11. The van der Waals surface area contributed by atoms with Gasteiger partial charge in [-0.25, -0.2) is 0 Å². The molecular formula is C18H25N3O4. The lowest BCUT2D eigenvalue weighted by Crippen LogP contribution is -2.45. The van der Waals surface area contributed by atoms with E-state index in [2.05, 4.69) is 0 Å². The Hall–Kier alpha value is -2.15. The molecule has 2 atom stereocenters. The van der Waals surface area contributed by atoms with Gasteiger partial charge >= 0.3 is 0 Å². The Morgan fingerprint density at radius 3 is 2.48 bits per heavy atom. The van der Waals surface area contributed by atoms with Gasteiger partial charge in [0.2, 0.25) is 5.91 Å². The summed E-state index contributed by atoms with van der Waals surface area (Å²) in [5, 5.41) is 10.7. The maximum Gasteiger partial charge on any atom is 0.269 e. The number of rotatable bonds is 5. The van der Waals surface area contributed by atoms with Gasteiger partial charge in [0.15, 0.2) is 0 Å². The van der Waals surface area contributed by atoms with Crippen LogP contribution >= 0.6 is 0 Å². The monoisotopic (exact) mass is 347 g/mol. The van der Waals surface area contributed by atoms with E-state index in [4.69, 9.17) is 10.5 Å². The van der Waals surface area contributed by atoms with Gasteiger partial charge < -0.3 is 15.4 Å². The molecule has 0 unspecified atom stereocenters. The minimum atomic E-state index is -0.425. The summed E-state index contributed by atoms with van der Waals surface area (Å²) in [6, 6.07) is 6.14. The second-order valence-corrected chi connectivity index (χ2v) is 6.93. The number of piperidine rings is 1. The van der Waals surface area contributed by atoms with Crippen LogP contribution in [0.15, 0.2) is 24.3 Å². The molecular weight excluding hydrogens is 322 g/mol. The Morgan fingerprint density at radius 2 is 1.88 bits per heavy atom. The molecule has 3 rings (SSSR count). The molecule has 25 heavy (non-hydrogen) atoms. The van der Waals surface area contributed by atoms with Crippen LogP contribution in [0.5, 0.6) is 5.75 Å². The van der Waals surface area contributed by atoms with Crippen LogP contribution in [0.4, 0.5) is 5.69 Å². The maximum absolute atomic E-state index is 12.7. The first-order chi connectivity index (χ1) is 12.1. The third-order valence-corrected chi connectivity index (χ3v) is 5.38. The van der Waals surface area contributed by atoms with Crippen molar-refractivity contribution in [2.45, 2.75) is 38.2 Å². The first-order valence-electron chi connectivity index (χ1n) is 8.98. The Kier molecular flexibility index (Phi) is 5.53. The molecule has 1 aromatic rings. The minimum absolute atomic E-state index is 0.0411. The normalized spacial score (nSPS) is 24.3. The van der Waals surface area contributed by atoms with Crippen molar-refractivity contribution < 1.29 is 14.5 Å². The van der Waals surface area contributed by atoms with E-state index in [1.807, 2.05) is 4.90 Å². The maximum atomic E-state index is 12.7. The molecule has 2 fully saturated rings. The zero-order valence-electron chi connectivity index (χ0n) is 14.3. The number of amides is 1. The highest BCUT2D eigenvalue weighted by Gasteiger charge is 2.36. The molecule has 1 amide bonds. The van der Waals surface area contributed by atoms with E-state index in [1.165, 1.54) is 12.1 Å². The molecule has 7 nitrogen and oxygen atoms in total. The highest BCUT2D eigenvalue weighted by atomic mass is 16.6. The third kappa shape index (κ3) is 4.10. The Bertz CT molecular complexity index is 611. The molecule has 2 aliphatic rings. The van der Waals surface area contributed by atoms with E-state index in [0.29, 0.717) is 31.3 Å². The van der Waals surface area contributed by atoms with Crippen molar-refractivity contribution in [1.82, 2.24) is 4.90 Å². The van der Waals surface area contributed by atoms with E-state index in [0.717, 1.165) is 32.1 Å². The number of non-ortho nitro benzene ring substituents is 1. The molecule has 136 valence electrons. The van der Waals surface area contributed by atoms with Crippen molar-refractivity contribution in [3.8, 4) is 5.75 Å². The molecule has 0 radical (unpaired) electrons. The van der Waals surface area contributed by atoms with Gasteiger partial charge in [0, 0.05) is 44.0 Å². The van der Waals surface area contributed by atoms with Crippen molar-refractivity contribution in [1.29, 1.82) is 0 Å². The predicted molar refractivity (Wildman–Crippen MR) is 93.2 cm³/mol. The van der Waals surface area contributed by atoms with Crippen molar-refractivity contribution in [2.75, 3.05) is 19.6 Å². The molecule has 1 aliphatic heterocycles. The summed E-state index contributed by atoms with van der Waals surface area (Å²) >= 11 is 0. The van der Waals surface area contributed by atoms with Gasteiger partial charge in [-0.1, -0.05) is 6.42 Å². The first-order valence-corrected chi connectivity index (χ1v) is 8.98. The quantitative estimate of drug-likeness (QED) is 0.651. The summed E-state index contributed by atoms with van der Waals surface area (Å²) in [5.41, 5.74) is 5.85. The summed E-state index contributed by atoms with van der Waals surface area (Å²) in [4.78, 5) is 24.9. The van der Waals surface area contributed by atoms with Gasteiger partial charge in [0.25, 0.3) is 5.69 Å². The largest absolute Gasteiger partial charge is 0.490 e. The van der Waals surface area contributed by atoms with E-state index in [9.17, 15) is 14.9 Å². The average molecular weight is 347 g/mol. The van der Waals surface area contributed by atoms with E-state index in [1.54, 1.807) is 12.1 Å². The van der Waals surface area contributed by atoms with Crippen molar-refractivity contribution >= 4 is 11.6 Å². The fraction of sp³-hybridized carbons (Fsp3) is 0.611. The summed E-state index contributed by atoms with van der Waals surface area (Å²) in [7, 11) is 0. The van der Waals surface area contributed by atoms with Crippen LogP contribution in [-0.2, 0) is 4.79 Å². The molecule has 7 heteroatoms. The van der Waals surface area contributed by atoms with Crippen LogP contribution in [0, 0.1) is 22.0 Å². The fourth-order valence-corrected chi connectivity index (χ4v) is 3.91. The smallest absolute Gasteiger partial charge is 0.269 e. The number of nitro groups is 1. The van der Waals surface area contributed by atoms with E-state index in [-0.39, 0.29) is 23.6 Å². The molecule has 1 aliphatic carbocycles. The number of hydrogen-bond donors (Lipinski definition) is 1. The van der Waals surface area contributed by atoms with Crippen LogP contribution in [0.3, 0.4) is 0 Å². The SMILES string of the molecule is NC[C@H]1CCC[C@H]1C(=O)N1CCC(Oc2ccc([N+](=O)[O-])cc2)CC1. The summed E-state index contributed by atoms with van der Waals surface area (Å²) in [6.45, 7) is 1.99. The number of benzene rings is 1. The minimum Gasteiger partial charge on any atom is -0.490 e. The fourth-order valence-electron chi connectivity index (χ4n) is 3.91. The number of hydrogen-bond acceptors (Lipinski definition) is 5. The van der Waals surface area contributed by atoms with Gasteiger partial charge in [-0.3, -0.25) is 14.9 Å². The topological polar surface area (TPSA) is 98.7 Å². The number of likely N-dealkylation sites (tertiary alicyclic amines) is 1. The molecule has 0 aromatic heterocycles. The summed E-state index contributed by atoms with van der Waals surface area (Å²) in [6.07, 6.45) is 4.72. The van der Waals surface area contributed by atoms with Crippen molar-refractivity contribution in [3.05, 3.63) is 34.4 Å². The van der Waals surface area contributed by atoms with E-state index < -0.39 is 4.92 Å². The van der Waals surface area contributed by atoms with Crippen LogP contribution in [0.2, 0.25) is 0 Å². The molecule has 0 bridgehead atoms. The van der Waals surface area contributed by atoms with E-state index >= 15 is 0 Å². The zero-order chi connectivity index (χ0) is 17.8. The second kappa shape index (κ2) is 7.82. The first kappa shape index (κ1) is 17.7. The third-order valence-electron chi connectivity index (χ3n) is 5.38.